The predicted octanol–water partition coefficient (Wildman–Crippen LogP) is 1.99. The zero-order valence-electron chi connectivity index (χ0n) is 11.9. The largest absolute Gasteiger partial charge is 0.309 e. The van der Waals surface area contributed by atoms with Crippen molar-refractivity contribution in [2.45, 2.75) is 13.0 Å². The number of carbonyl (C=O) groups is 1. The first-order chi connectivity index (χ1) is 10.7. The highest BCUT2D eigenvalue weighted by Gasteiger charge is 2.17. The molecule has 0 saturated heterocycles. The molecule has 6 heteroatoms. The van der Waals surface area contributed by atoms with E-state index in [4.69, 9.17) is 0 Å². The van der Waals surface area contributed by atoms with Gasteiger partial charge in [0, 0.05) is 6.20 Å². The Hall–Kier alpha value is -3.02. The second-order valence-corrected chi connectivity index (χ2v) is 4.85. The van der Waals surface area contributed by atoms with Gasteiger partial charge < -0.3 is 5.32 Å². The molecule has 0 bridgehead atoms. The number of aromatic nitrogens is 3. The Kier molecular flexibility index (Phi) is 3.65. The Morgan fingerprint density at radius 3 is 2.68 bits per heavy atom. The molecule has 0 radical (unpaired) electrons. The van der Waals surface area contributed by atoms with E-state index in [1.54, 1.807) is 49.5 Å². The van der Waals surface area contributed by atoms with Gasteiger partial charge in [-0.3, -0.25) is 14.2 Å². The number of rotatable bonds is 3. The van der Waals surface area contributed by atoms with Gasteiger partial charge in [-0.1, -0.05) is 18.2 Å². The second kappa shape index (κ2) is 5.77. The molecule has 0 spiro atoms. The number of nitrogens with one attached hydrogen (secondary N) is 1. The first-order valence-corrected chi connectivity index (χ1v) is 6.84. The summed E-state index contributed by atoms with van der Waals surface area (Å²) in [6.45, 7) is 1.65. The number of hydrogen-bond donors (Lipinski definition) is 1. The highest BCUT2D eigenvalue weighted by atomic mass is 16.2. The third-order valence-corrected chi connectivity index (χ3v) is 3.40. The number of pyridine rings is 1. The lowest BCUT2D eigenvalue weighted by Crippen LogP contribution is -2.32. The van der Waals surface area contributed by atoms with Crippen molar-refractivity contribution in [1.29, 1.82) is 0 Å². The monoisotopic (exact) mass is 294 g/mol. The molecule has 3 aromatic rings. The van der Waals surface area contributed by atoms with Gasteiger partial charge in [0.1, 0.15) is 11.9 Å². The van der Waals surface area contributed by atoms with E-state index in [1.165, 1.54) is 10.9 Å². The van der Waals surface area contributed by atoms with E-state index >= 15 is 0 Å². The molecule has 3 rings (SSSR count). The van der Waals surface area contributed by atoms with Crippen LogP contribution in [-0.2, 0) is 4.79 Å². The summed E-state index contributed by atoms with van der Waals surface area (Å²) in [5.74, 6) is 0.124. The molecule has 110 valence electrons. The van der Waals surface area contributed by atoms with Crippen LogP contribution in [0.2, 0.25) is 0 Å². The molecular weight excluding hydrogens is 280 g/mol. The van der Waals surface area contributed by atoms with Crippen molar-refractivity contribution >= 4 is 22.6 Å². The minimum Gasteiger partial charge on any atom is -0.309 e. The standard InChI is InChI=1S/C16H14N4O2/c1-11(15(21)19-14-8-4-5-9-17-14)20-10-18-13-7-3-2-6-12(13)16(20)22/h2-11H,1H3,(H,17,19,21). The van der Waals surface area contributed by atoms with E-state index in [2.05, 4.69) is 15.3 Å². The summed E-state index contributed by atoms with van der Waals surface area (Å²) in [5, 5.41) is 3.17. The van der Waals surface area contributed by atoms with Gasteiger partial charge in [0.05, 0.1) is 17.2 Å². The van der Waals surface area contributed by atoms with Crippen LogP contribution >= 0.6 is 0 Å². The highest BCUT2D eigenvalue weighted by molar-refractivity contribution is 5.92. The fraction of sp³-hybridized carbons (Fsp3) is 0.125. The SMILES string of the molecule is CC(C(=O)Nc1ccccn1)n1cnc2ccccc2c1=O. The van der Waals surface area contributed by atoms with Gasteiger partial charge in [0.2, 0.25) is 5.91 Å². The summed E-state index contributed by atoms with van der Waals surface area (Å²) >= 11 is 0. The van der Waals surface area contributed by atoms with Crippen molar-refractivity contribution in [3.8, 4) is 0 Å². The Bertz CT molecular complexity index is 874. The molecule has 0 aliphatic heterocycles. The van der Waals surface area contributed by atoms with E-state index in [0.29, 0.717) is 16.7 Å². The van der Waals surface area contributed by atoms with E-state index in [9.17, 15) is 9.59 Å². The fourth-order valence-corrected chi connectivity index (χ4v) is 2.15. The van der Waals surface area contributed by atoms with Gasteiger partial charge in [-0.2, -0.15) is 0 Å². The quantitative estimate of drug-likeness (QED) is 0.801. The maximum Gasteiger partial charge on any atom is 0.261 e. The zero-order chi connectivity index (χ0) is 15.5. The first kappa shape index (κ1) is 13.9. The van der Waals surface area contributed by atoms with Crippen LogP contribution < -0.4 is 10.9 Å². The molecule has 1 aromatic carbocycles. The van der Waals surface area contributed by atoms with E-state index in [-0.39, 0.29) is 11.5 Å². The average molecular weight is 294 g/mol. The van der Waals surface area contributed by atoms with Gasteiger partial charge >= 0.3 is 0 Å². The molecule has 0 aliphatic carbocycles. The van der Waals surface area contributed by atoms with Crippen LogP contribution in [0.4, 0.5) is 5.82 Å². The number of fused-ring (bicyclic) bond motifs is 1. The zero-order valence-corrected chi connectivity index (χ0v) is 11.9. The van der Waals surface area contributed by atoms with E-state index in [0.717, 1.165) is 0 Å². The Morgan fingerprint density at radius 1 is 1.14 bits per heavy atom. The van der Waals surface area contributed by atoms with Crippen molar-refractivity contribution in [3.05, 3.63) is 65.3 Å². The molecule has 1 unspecified atom stereocenters. The Labute approximate surface area is 126 Å². The van der Waals surface area contributed by atoms with Gasteiger partial charge in [0.15, 0.2) is 0 Å². The molecule has 1 amide bonds. The topological polar surface area (TPSA) is 76.9 Å². The Morgan fingerprint density at radius 2 is 1.91 bits per heavy atom. The first-order valence-electron chi connectivity index (χ1n) is 6.84. The number of amides is 1. The van der Waals surface area contributed by atoms with Crippen molar-refractivity contribution in [2.75, 3.05) is 5.32 Å². The molecule has 22 heavy (non-hydrogen) atoms. The minimum atomic E-state index is -0.688. The molecule has 6 nitrogen and oxygen atoms in total. The number of nitrogens with zero attached hydrogens (tertiary/aromatic N) is 3. The molecule has 0 saturated carbocycles. The smallest absolute Gasteiger partial charge is 0.261 e. The second-order valence-electron chi connectivity index (χ2n) is 4.85. The predicted molar refractivity (Wildman–Crippen MR) is 83.6 cm³/mol. The summed E-state index contributed by atoms with van der Waals surface area (Å²) in [5.41, 5.74) is 0.371. The lowest BCUT2D eigenvalue weighted by Gasteiger charge is -2.14. The van der Waals surface area contributed by atoms with Gasteiger partial charge in [-0.25, -0.2) is 9.97 Å². The normalized spacial score (nSPS) is 12.0. The van der Waals surface area contributed by atoms with Crippen LogP contribution in [0, 0.1) is 0 Å². The lowest BCUT2D eigenvalue weighted by molar-refractivity contribution is -0.118. The van der Waals surface area contributed by atoms with Crippen molar-refractivity contribution in [2.24, 2.45) is 0 Å². The van der Waals surface area contributed by atoms with Crippen LogP contribution in [0.25, 0.3) is 10.9 Å². The molecule has 1 atom stereocenters. The van der Waals surface area contributed by atoms with Gasteiger partial charge in [-0.05, 0) is 31.2 Å². The average Bonchev–Trinajstić information content (AvgIpc) is 2.56. The van der Waals surface area contributed by atoms with Crippen LogP contribution in [0.1, 0.15) is 13.0 Å². The van der Waals surface area contributed by atoms with Crippen molar-refractivity contribution in [1.82, 2.24) is 14.5 Å². The number of carbonyl (C=O) groups excluding carboxylic acids is 1. The molecule has 2 heterocycles. The van der Waals surface area contributed by atoms with Crippen LogP contribution in [0.15, 0.2) is 59.8 Å². The van der Waals surface area contributed by atoms with E-state index in [1.807, 2.05) is 6.07 Å². The fourth-order valence-electron chi connectivity index (χ4n) is 2.15. The van der Waals surface area contributed by atoms with Crippen LogP contribution in [0.5, 0.6) is 0 Å². The summed E-state index contributed by atoms with van der Waals surface area (Å²) in [6, 6.07) is 11.6. The molecular formula is C16H14N4O2. The summed E-state index contributed by atoms with van der Waals surface area (Å²) < 4.78 is 1.32. The minimum absolute atomic E-state index is 0.241. The van der Waals surface area contributed by atoms with Gasteiger partial charge in [0.25, 0.3) is 5.56 Å². The van der Waals surface area contributed by atoms with Crippen LogP contribution in [0.3, 0.4) is 0 Å². The molecule has 0 fully saturated rings. The van der Waals surface area contributed by atoms with Gasteiger partial charge in [-0.15, -0.1) is 0 Å². The third-order valence-electron chi connectivity index (χ3n) is 3.40. The van der Waals surface area contributed by atoms with Crippen molar-refractivity contribution < 1.29 is 4.79 Å². The number of benzene rings is 1. The number of anilines is 1. The van der Waals surface area contributed by atoms with Crippen molar-refractivity contribution in [3.63, 3.8) is 0 Å². The van der Waals surface area contributed by atoms with Crippen LogP contribution in [-0.4, -0.2) is 20.4 Å². The maximum atomic E-state index is 12.5. The summed E-state index contributed by atoms with van der Waals surface area (Å²) in [7, 11) is 0. The number of hydrogen-bond acceptors (Lipinski definition) is 4. The highest BCUT2D eigenvalue weighted by Crippen LogP contribution is 2.10. The molecule has 1 N–H and O–H groups in total. The third kappa shape index (κ3) is 2.58. The lowest BCUT2D eigenvalue weighted by atomic mass is 10.2. The molecule has 0 aliphatic rings. The maximum absolute atomic E-state index is 12.5. The number of para-hydroxylation sites is 1. The summed E-state index contributed by atoms with van der Waals surface area (Å²) in [6.07, 6.45) is 2.98. The summed E-state index contributed by atoms with van der Waals surface area (Å²) in [4.78, 5) is 33.0. The van der Waals surface area contributed by atoms with E-state index < -0.39 is 6.04 Å². The molecule has 2 aromatic heterocycles. The Balaban J connectivity index is 1.92.